The Bertz CT molecular complexity index is 372. The van der Waals surface area contributed by atoms with E-state index in [4.69, 9.17) is 4.74 Å². The molecule has 0 aromatic heterocycles. The van der Waals surface area contributed by atoms with Crippen LogP contribution >= 0.6 is 0 Å². The van der Waals surface area contributed by atoms with E-state index in [2.05, 4.69) is 5.32 Å². The van der Waals surface area contributed by atoms with Gasteiger partial charge in [0.25, 0.3) is 0 Å². The predicted molar refractivity (Wildman–Crippen MR) is 71.9 cm³/mol. The molecule has 0 aromatic rings. The number of carboxylic acid groups (broad SMARTS) is 1. The van der Waals surface area contributed by atoms with E-state index in [-0.39, 0.29) is 5.41 Å². The normalized spacial score (nSPS) is 19.5. The summed E-state index contributed by atoms with van der Waals surface area (Å²) < 4.78 is 5.22. The molecule has 110 valence electrons. The van der Waals surface area contributed by atoms with E-state index >= 15 is 0 Å². The number of hydrogen-bond acceptors (Lipinski definition) is 3. The lowest BCUT2D eigenvalue weighted by molar-refractivity contribution is -0.145. The molecule has 19 heavy (non-hydrogen) atoms. The summed E-state index contributed by atoms with van der Waals surface area (Å²) in [4.78, 5) is 23.3. The molecule has 5 nitrogen and oxygen atoms in total. The maximum atomic E-state index is 11.9. The second kappa shape index (κ2) is 4.69. The first-order valence-electron chi connectivity index (χ1n) is 6.61. The Morgan fingerprint density at radius 1 is 1.16 bits per heavy atom. The van der Waals surface area contributed by atoms with Gasteiger partial charge in [-0.1, -0.05) is 20.8 Å². The number of carbonyl (C=O) groups excluding carboxylic acids is 1. The van der Waals surface area contributed by atoms with Crippen molar-refractivity contribution in [3.05, 3.63) is 0 Å². The molecule has 1 aliphatic carbocycles. The van der Waals surface area contributed by atoms with Crippen LogP contribution in [0, 0.1) is 10.8 Å². The lowest BCUT2D eigenvalue weighted by atomic mass is 9.77. The summed E-state index contributed by atoms with van der Waals surface area (Å²) in [7, 11) is 0. The highest BCUT2D eigenvalue weighted by Crippen LogP contribution is 2.53. The average Bonchev–Trinajstić information content (AvgIpc) is 2.89. The van der Waals surface area contributed by atoms with Gasteiger partial charge in [-0.2, -0.15) is 0 Å². The molecular formula is C14H25NO4. The summed E-state index contributed by atoms with van der Waals surface area (Å²) in [6.07, 6.45) is 0.639. The van der Waals surface area contributed by atoms with Crippen LogP contribution in [0.5, 0.6) is 0 Å². The zero-order chi connectivity index (χ0) is 15.1. The fraction of sp³-hybridized carbons (Fsp3) is 0.857. The van der Waals surface area contributed by atoms with Gasteiger partial charge in [-0.15, -0.1) is 0 Å². The SMILES string of the molecule is CC(C)(C)OC(=O)NC(C(C)(C)C)C1(C(=O)O)CC1. The third-order valence-corrected chi connectivity index (χ3v) is 3.29. The fourth-order valence-electron chi connectivity index (χ4n) is 2.37. The van der Waals surface area contributed by atoms with Crippen LogP contribution in [0.2, 0.25) is 0 Å². The van der Waals surface area contributed by atoms with Crippen molar-refractivity contribution >= 4 is 12.1 Å². The molecule has 1 aliphatic rings. The molecule has 1 fully saturated rings. The molecule has 0 radical (unpaired) electrons. The highest BCUT2D eigenvalue weighted by atomic mass is 16.6. The van der Waals surface area contributed by atoms with Gasteiger partial charge in [-0.25, -0.2) is 4.79 Å². The second-order valence-electron chi connectivity index (χ2n) is 7.41. The van der Waals surface area contributed by atoms with Crippen LogP contribution in [0.3, 0.4) is 0 Å². The van der Waals surface area contributed by atoms with Gasteiger partial charge < -0.3 is 15.2 Å². The smallest absolute Gasteiger partial charge is 0.407 e. The third kappa shape index (κ3) is 3.85. The highest BCUT2D eigenvalue weighted by Gasteiger charge is 2.60. The van der Waals surface area contributed by atoms with Crippen molar-refractivity contribution in [2.45, 2.75) is 66.0 Å². The molecule has 0 aromatic carbocycles. The molecule has 2 N–H and O–H groups in total. The molecule has 1 saturated carbocycles. The fourth-order valence-corrected chi connectivity index (χ4v) is 2.37. The van der Waals surface area contributed by atoms with Gasteiger partial charge in [0.2, 0.25) is 0 Å². The first kappa shape index (κ1) is 15.8. The van der Waals surface area contributed by atoms with Crippen LogP contribution in [0.1, 0.15) is 54.4 Å². The van der Waals surface area contributed by atoms with Crippen LogP contribution in [-0.2, 0) is 9.53 Å². The predicted octanol–water partition coefficient (Wildman–Crippen LogP) is 2.79. The van der Waals surface area contributed by atoms with Gasteiger partial charge in [-0.05, 0) is 39.0 Å². The molecule has 1 unspecified atom stereocenters. The van der Waals surface area contributed by atoms with Gasteiger partial charge in [0, 0.05) is 0 Å². The van der Waals surface area contributed by atoms with Crippen LogP contribution in [0.25, 0.3) is 0 Å². The molecular weight excluding hydrogens is 246 g/mol. The number of amides is 1. The minimum atomic E-state index is -0.844. The van der Waals surface area contributed by atoms with Crippen molar-refractivity contribution in [2.24, 2.45) is 10.8 Å². The molecule has 0 heterocycles. The maximum absolute atomic E-state index is 11.9. The first-order chi connectivity index (χ1) is 8.38. The summed E-state index contributed by atoms with van der Waals surface area (Å²) in [6.45, 7) is 11.1. The molecule has 0 saturated heterocycles. The van der Waals surface area contributed by atoms with Crippen LogP contribution in [0.15, 0.2) is 0 Å². The van der Waals surface area contributed by atoms with Gasteiger partial charge in [0.05, 0.1) is 11.5 Å². The van der Waals surface area contributed by atoms with E-state index in [0.717, 1.165) is 0 Å². The molecule has 1 atom stereocenters. The van der Waals surface area contributed by atoms with Crippen LogP contribution < -0.4 is 5.32 Å². The number of carbonyl (C=O) groups is 2. The number of rotatable bonds is 3. The van der Waals surface area contributed by atoms with E-state index in [1.807, 2.05) is 20.8 Å². The number of carboxylic acids is 1. The van der Waals surface area contributed by atoms with Gasteiger partial charge >= 0.3 is 12.1 Å². The van der Waals surface area contributed by atoms with E-state index < -0.39 is 29.1 Å². The van der Waals surface area contributed by atoms with Crippen LogP contribution in [-0.4, -0.2) is 28.8 Å². The monoisotopic (exact) mass is 271 g/mol. The largest absolute Gasteiger partial charge is 0.481 e. The van der Waals surface area contributed by atoms with Crippen molar-refractivity contribution in [2.75, 3.05) is 0 Å². The van der Waals surface area contributed by atoms with Crippen molar-refractivity contribution in [1.82, 2.24) is 5.32 Å². The summed E-state index contributed by atoms with van der Waals surface area (Å²) in [5, 5.41) is 12.1. The highest BCUT2D eigenvalue weighted by molar-refractivity contribution is 5.80. The molecule has 0 spiro atoms. The second-order valence-corrected chi connectivity index (χ2v) is 7.41. The number of nitrogens with one attached hydrogen (secondary N) is 1. The standard InChI is InChI=1S/C14H25NO4/c1-12(2,3)9(14(7-8-14)10(16)17)15-11(18)19-13(4,5)6/h9H,7-8H2,1-6H3,(H,15,18)(H,16,17). The lowest BCUT2D eigenvalue weighted by Crippen LogP contribution is -2.53. The zero-order valence-electron chi connectivity index (χ0n) is 12.7. The zero-order valence-corrected chi connectivity index (χ0v) is 12.7. The van der Waals surface area contributed by atoms with E-state index in [0.29, 0.717) is 12.8 Å². The lowest BCUT2D eigenvalue weighted by Gasteiger charge is -2.36. The van der Waals surface area contributed by atoms with Crippen molar-refractivity contribution in [3.63, 3.8) is 0 Å². The molecule has 1 amide bonds. The quantitative estimate of drug-likeness (QED) is 0.827. The van der Waals surface area contributed by atoms with Gasteiger partial charge in [0.1, 0.15) is 5.60 Å². The Kier molecular flexibility index (Phi) is 3.90. The Hall–Kier alpha value is -1.26. The van der Waals surface area contributed by atoms with Crippen molar-refractivity contribution in [1.29, 1.82) is 0 Å². The third-order valence-electron chi connectivity index (χ3n) is 3.29. The first-order valence-corrected chi connectivity index (χ1v) is 6.61. The Morgan fingerprint density at radius 2 is 1.63 bits per heavy atom. The Morgan fingerprint density at radius 3 is 1.89 bits per heavy atom. The molecule has 0 aliphatic heterocycles. The van der Waals surface area contributed by atoms with E-state index in [1.165, 1.54) is 0 Å². The summed E-state index contributed by atoms with van der Waals surface area (Å²) in [5.74, 6) is -0.844. The van der Waals surface area contributed by atoms with Crippen molar-refractivity contribution in [3.8, 4) is 0 Å². The average molecular weight is 271 g/mol. The van der Waals surface area contributed by atoms with E-state index in [1.54, 1.807) is 20.8 Å². The molecule has 1 rings (SSSR count). The minimum Gasteiger partial charge on any atom is -0.481 e. The number of ether oxygens (including phenoxy) is 1. The maximum Gasteiger partial charge on any atom is 0.407 e. The molecule has 5 heteroatoms. The number of alkyl carbamates (subject to hydrolysis) is 1. The summed E-state index contributed by atoms with van der Waals surface area (Å²) >= 11 is 0. The summed E-state index contributed by atoms with van der Waals surface area (Å²) in [6, 6.07) is -0.438. The van der Waals surface area contributed by atoms with Gasteiger partial charge in [0.15, 0.2) is 0 Å². The Labute approximate surface area is 114 Å². The van der Waals surface area contributed by atoms with Gasteiger partial charge in [-0.3, -0.25) is 4.79 Å². The van der Waals surface area contributed by atoms with E-state index in [9.17, 15) is 14.7 Å². The Balaban J connectivity index is 2.84. The number of hydrogen-bond donors (Lipinski definition) is 2. The van der Waals surface area contributed by atoms with Crippen molar-refractivity contribution < 1.29 is 19.4 Å². The minimum absolute atomic E-state index is 0.341. The number of aliphatic carboxylic acids is 1. The van der Waals surface area contributed by atoms with Crippen LogP contribution in [0.4, 0.5) is 4.79 Å². The topological polar surface area (TPSA) is 75.6 Å². The molecule has 0 bridgehead atoms. The summed E-state index contributed by atoms with van der Waals surface area (Å²) in [5.41, 5.74) is -1.77.